The van der Waals surface area contributed by atoms with E-state index >= 15 is 4.39 Å². The van der Waals surface area contributed by atoms with Crippen molar-refractivity contribution in [1.29, 1.82) is 0 Å². The predicted molar refractivity (Wildman–Crippen MR) is 165 cm³/mol. The van der Waals surface area contributed by atoms with Crippen molar-refractivity contribution in [2.75, 3.05) is 38.7 Å². The third-order valence-corrected chi connectivity index (χ3v) is 7.68. The Balaban J connectivity index is 1.21. The Kier molecular flexibility index (Phi) is 10.1. The van der Waals surface area contributed by atoms with Gasteiger partial charge in [0.05, 0.1) is 19.2 Å². The number of fused-ring (bicyclic) bond motifs is 1. The highest BCUT2D eigenvalue weighted by Gasteiger charge is 2.18. The third kappa shape index (κ3) is 7.99. The number of ether oxygens (including phenoxy) is 3. The van der Waals surface area contributed by atoms with Gasteiger partial charge in [-0.05, 0) is 80.2 Å². The molecule has 0 spiro atoms. The highest BCUT2D eigenvalue weighted by molar-refractivity contribution is 9.10. The zero-order valence-corrected chi connectivity index (χ0v) is 25.2. The van der Waals surface area contributed by atoms with Crippen LogP contribution in [0, 0.1) is 11.7 Å². The number of carbonyl (C=O) groups is 2. The molecule has 2 heterocycles. The van der Waals surface area contributed by atoms with Gasteiger partial charge in [0.2, 0.25) is 0 Å². The van der Waals surface area contributed by atoms with E-state index < -0.39 is 17.6 Å². The number of amides is 2. The van der Waals surface area contributed by atoms with Crippen molar-refractivity contribution >= 4 is 44.3 Å². The van der Waals surface area contributed by atoms with E-state index in [0.717, 1.165) is 42.0 Å². The Morgan fingerprint density at radius 1 is 0.977 bits per heavy atom. The Bertz CT molecular complexity index is 1600. The molecule has 3 N–H and O–H groups in total. The standard InChI is InChI=1S/C32H32BrFN4O5/c1-41-29-17-24-26(18-30(29)42-19-21-8-12-35-13-9-21)36-15-11-27(24)43-28-7-6-23(16-25(28)34)38-32(40)31(39)37-14-10-20-2-4-22(33)5-3-20/h2-7,11,15-18,21,35H,8-10,12-14,19H2,1H3,(H,37,39)(H,38,40). The third-order valence-electron chi connectivity index (χ3n) is 7.15. The molecule has 9 nitrogen and oxygen atoms in total. The molecule has 1 aliphatic rings. The summed E-state index contributed by atoms with van der Waals surface area (Å²) in [5.41, 5.74) is 1.74. The number of aromatic nitrogens is 1. The highest BCUT2D eigenvalue weighted by Crippen LogP contribution is 2.38. The van der Waals surface area contributed by atoms with E-state index in [1.54, 1.807) is 31.5 Å². The number of benzene rings is 3. The average molecular weight is 652 g/mol. The lowest BCUT2D eigenvalue weighted by atomic mass is 9.99. The van der Waals surface area contributed by atoms with E-state index in [1.165, 1.54) is 12.1 Å². The zero-order valence-electron chi connectivity index (χ0n) is 23.6. The lowest BCUT2D eigenvalue weighted by Gasteiger charge is -2.23. The molecule has 43 heavy (non-hydrogen) atoms. The molecule has 0 saturated carbocycles. The van der Waals surface area contributed by atoms with Gasteiger partial charge >= 0.3 is 11.8 Å². The molecular weight excluding hydrogens is 619 g/mol. The second kappa shape index (κ2) is 14.3. The van der Waals surface area contributed by atoms with E-state index in [0.29, 0.717) is 47.1 Å². The summed E-state index contributed by atoms with van der Waals surface area (Å²) in [4.78, 5) is 29.0. The maximum Gasteiger partial charge on any atom is 0.313 e. The molecule has 3 aromatic carbocycles. The Morgan fingerprint density at radius 3 is 2.51 bits per heavy atom. The van der Waals surface area contributed by atoms with Crippen LogP contribution in [0.4, 0.5) is 10.1 Å². The SMILES string of the molecule is COc1cc2c(Oc3ccc(NC(=O)C(=O)NCCc4ccc(Br)cc4)cc3F)ccnc2cc1OCC1CCNCC1. The number of nitrogens with one attached hydrogen (secondary N) is 3. The van der Waals surface area contributed by atoms with Gasteiger partial charge in [0.15, 0.2) is 23.1 Å². The molecular formula is C32H32BrFN4O5. The molecule has 1 fully saturated rings. The van der Waals surface area contributed by atoms with Crippen LogP contribution in [0.25, 0.3) is 10.9 Å². The first-order valence-electron chi connectivity index (χ1n) is 14.0. The van der Waals surface area contributed by atoms with Crippen molar-refractivity contribution < 1.29 is 28.2 Å². The van der Waals surface area contributed by atoms with Crippen molar-refractivity contribution in [1.82, 2.24) is 15.6 Å². The number of halogens is 2. The van der Waals surface area contributed by atoms with Crippen LogP contribution < -0.4 is 30.2 Å². The number of hydrogen-bond donors (Lipinski definition) is 3. The summed E-state index contributed by atoms with van der Waals surface area (Å²) >= 11 is 3.38. The van der Waals surface area contributed by atoms with Crippen molar-refractivity contribution in [3.8, 4) is 23.0 Å². The predicted octanol–water partition coefficient (Wildman–Crippen LogP) is 5.61. The van der Waals surface area contributed by atoms with Gasteiger partial charge in [0, 0.05) is 40.4 Å². The molecule has 224 valence electrons. The average Bonchev–Trinajstić information content (AvgIpc) is 3.02. The first-order valence-corrected chi connectivity index (χ1v) is 14.8. The topological polar surface area (TPSA) is 111 Å². The number of anilines is 1. The van der Waals surface area contributed by atoms with E-state index in [9.17, 15) is 9.59 Å². The van der Waals surface area contributed by atoms with E-state index in [-0.39, 0.29) is 18.0 Å². The number of carbonyl (C=O) groups excluding carboxylic acids is 2. The molecule has 2 amide bonds. The van der Waals surface area contributed by atoms with Crippen LogP contribution in [0.3, 0.4) is 0 Å². The van der Waals surface area contributed by atoms with Gasteiger partial charge in [-0.2, -0.15) is 0 Å². The van der Waals surface area contributed by atoms with Crippen LogP contribution in [0.5, 0.6) is 23.0 Å². The maximum absolute atomic E-state index is 15.0. The molecule has 0 bridgehead atoms. The summed E-state index contributed by atoms with van der Waals surface area (Å²) in [5.74, 6) is -0.536. The fourth-order valence-corrected chi connectivity index (χ4v) is 5.03. The van der Waals surface area contributed by atoms with Gasteiger partial charge in [-0.25, -0.2) is 4.39 Å². The normalized spacial score (nSPS) is 13.4. The number of rotatable bonds is 10. The van der Waals surface area contributed by atoms with Crippen LogP contribution in [-0.4, -0.2) is 50.1 Å². The highest BCUT2D eigenvalue weighted by atomic mass is 79.9. The van der Waals surface area contributed by atoms with Gasteiger partial charge in [0.1, 0.15) is 5.75 Å². The number of nitrogens with zero attached hydrogens (tertiary/aromatic N) is 1. The fraction of sp³-hybridized carbons (Fsp3) is 0.281. The molecule has 5 rings (SSSR count). The van der Waals surface area contributed by atoms with E-state index in [4.69, 9.17) is 14.2 Å². The van der Waals surface area contributed by atoms with Crippen LogP contribution in [0.1, 0.15) is 18.4 Å². The number of methoxy groups -OCH3 is 1. The minimum absolute atomic E-state index is 0.0605. The number of hydrogen-bond acceptors (Lipinski definition) is 7. The van der Waals surface area contributed by atoms with Crippen molar-refractivity contribution in [2.24, 2.45) is 5.92 Å². The molecule has 1 aromatic heterocycles. The Hall–Kier alpha value is -4.22. The van der Waals surface area contributed by atoms with Crippen molar-refractivity contribution in [3.63, 3.8) is 0 Å². The number of piperidine rings is 1. The molecule has 4 aromatic rings. The molecule has 11 heteroatoms. The first-order chi connectivity index (χ1) is 20.9. The van der Waals surface area contributed by atoms with Crippen LogP contribution >= 0.6 is 15.9 Å². The van der Waals surface area contributed by atoms with E-state index in [2.05, 4.69) is 36.9 Å². The molecule has 0 radical (unpaired) electrons. The monoisotopic (exact) mass is 650 g/mol. The summed E-state index contributed by atoms with van der Waals surface area (Å²) < 4.78 is 33.6. The second-order valence-electron chi connectivity index (χ2n) is 10.2. The Morgan fingerprint density at radius 2 is 1.77 bits per heavy atom. The van der Waals surface area contributed by atoms with Gasteiger partial charge in [-0.3, -0.25) is 14.6 Å². The first kappa shape index (κ1) is 30.2. The van der Waals surface area contributed by atoms with Crippen LogP contribution in [0.15, 0.2) is 71.3 Å². The minimum Gasteiger partial charge on any atom is -0.493 e. The quantitative estimate of drug-likeness (QED) is 0.191. The van der Waals surface area contributed by atoms with Crippen LogP contribution in [-0.2, 0) is 16.0 Å². The second-order valence-corrected chi connectivity index (χ2v) is 11.1. The molecule has 1 saturated heterocycles. The van der Waals surface area contributed by atoms with Gasteiger partial charge < -0.3 is 30.2 Å². The summed E-state index contributed by atoms with van der Waals surface area (Å²) in [6, 6.07) is 16.8. The summed E-state index contributed by atoms with van der Waals surface area (Å²) in [5, 5.41) is 8.96. The molecule has 1 aliphatic heterocycles. The molecule has 0 aliphatic carbocycles. The molecule has 0 unspecified atom stereocenters. The molecule has 0 atom stereocenters. The largest absolute Gasteiger partial charge is 0.493 e. The fourth-order valence-electron chi connectivity index (χ4n) is 4.77. The summed E-state index contributed by atoms with van der Waals surface area (Å²) in [7, 11) is 1.56. The van der Waals surface area contributed by atoms with Crippen molar-refractivity contribution in [3.05, 3.63) is 82.7 Å². The summed E-state index contributed by atoms with van der Waals surface area (Å²) in [6.07, 6.45) is 4.25. The van der Waals surface area contributed by atoms with Gasteiger partial charge in [-0.15, -0.1) is 0 Å². The smallest absolute Gasteiger partial charge is 0.313 e. The van der Waals surface area contributed by atoms with Crippen molar-refractivity contribution in [2.45, 2.75) is 19.3 Å². The van der Waals surface area contributed by atoms with E-state index in [1.807, 2.05) is 24.3 Å². The minimum atomic E-state index is -0.894. The zero-order chi connectivity index (χ0) is 30.2. The number of pyridine rings is 1. The van der Waals surface area contributed by atoms with Gasteiger partial charge in [0.25, 0.3) is 0 Å². The van der Waals surface area contributed by atoms with Crippen LogP contribution in [0.2, 0.25) is 0 Å². The summed E-state index contributed by atoms with van der Waals surface area (Å²) in [6.45, 7) is 2.84. The maximum atomic E-state index is 15.0. The lowest BCUT2D eigenvalue weighted by Crippen LogP contribution is -2.36. The Labute approximate surface area is 257 Å². The lowest BCUT2D eigenvalue weighted by molar-refractivity contribution is -0.136. The van der Waals surface area contributed by atoms with Gasteiger partial charge in [-0.1, -0.05) is 28.1 Å².